The predicted octanol–water partition coefficient (Wildman–Crippen LogP) is 5.14. The van der Waals surface area contributed by atoms with E-state index in [0.29, 0.717) is 17.0 Å². The molecule has 0 saturated carbocycles. The van der Waals surface area contributed by atoms with Crippen LogP contribution in [-0.2, 0) is 11.2 Å². The number of unbranched alkanes of at least 4 members (excludes halogenated alkanes) is 2. The first-order valence-electron chi connectivity index (χ1n) is 10.7. The van der Waals surface area contributed by atoms with Gasteiger partial charge >= 0.3 is 0 Å². The Morgan fingerprint density at radius 2 is 1.88 bits per heavy atom. The van der Waals surface area contributed by atoms with Gasteiger partial charge in [-0.05, 0) is 60.5 Å². The van der Waals surface area contributed by atoms with Gasteiger partial charge < -0.3 is 20.5 Å². The minimum absolute atomic E-state index is 0.213. The Kier molecular flexibility index (Phi) is 8.83. The Morgan fingerprint density at radius 1 is 1.09 bits per heavy atom. The van der Waals surface area contributed by atoms with Crippen LogP contribution in [0.3, 0.4) is 0 Å². The number of aryl methyl sites for hydroxylation is 1. The zero-order valence-corrected chi connectivity index (χ0v) is 19.2. The van der Waals surface area contributed by atoms with E-state index in [1.165, 1.54) is 36.6 Å². The molecule has 1 unspecified atom stereocenters. The first-order valence-corrected chi connectivity index (χ1v) is 11.6. The van der Waals surface area contributed by atoms with Gasteiger partial charge in [0.2, 0.25) is 5.91 Å². The van der Waals surface area contributed by atoms with Crippen molar-refractivity contribution in [2.75, 3.05) is 12.4 Å². The van der Waals surface area contributed by atoms with Gasteiger partial charge in [-0.3, -0.25) is 9.59 Å². The molecule has 8 heteroatoms. The Balaban J connectivity index is 1.60. The van der Waals surface area contributed by atoms with E-state index in [9.17, 15) is 19.1 Å². The van der Waals surface area contributed by atoms with Gasteiger partial charge in [0.15, 0.2) is 0 Å². The van der Waals surface area contributed by atoms with Crippen molar-refractivity contribution in [3.8, 4) is 11.5 Å². The lowest BCUT2D eigenvalue weighted by molar-refractivity contribution is -0.118. The second kappa shape index (κ2) is 12.0. The van der Waals surface area contributed by atoms with Crippen LogP contribution in [0.4, 0.5) is 10.1 Å². The number of carbonyl (C=O) groups is 2. The van der Waals surface area contributed by atoms with Gasteiger partial charge in [0, 0.05) is 6.07 Å². The topological polar surface area (TPSA) is 87.7 Å². The summed E-state index contributed by atoms with van der Waals surface area (Å²) in [5.74, 6) is -0.673. The van der Waals surface area contributed by atoms with Gasteiger partial charge in [0.1, 0.15) is 23.4 Å². The molecule has 0 radical (unpaired) electrons. The number of phenolic OH excluding ortho intramolecular Hbond substituents is 1. The third-order valence-electron chi connectivity index (χ3n) is 5.18. The number of hydrogen-bond acceptors (Lipinski definition) is 5. The maximum Gasteiger partial charge on any atom is 0.261 e. The number of ether oxygens (including phenoxy) is 1. The van der Waals surface area contributed by atoms with Gasteiger partial charge in [-0.15, -0.1) is 11.3 Å². The molecule has 0 aliphatic rings. The van der Waals surface area contributed by atoms with Gasteiger partial charge in [-0.1, -0.05) is 31.0 Å². The molecule has 0 spiro atoms. The molecular weight excluding hydrogens is 443 g/mol. The van der Waals surface area contributed by atoms with Crippen molar-refractivity contribution in [1.29, 1.82) is 0 Å². The fraction of sp³-hybridized carbons (Fsp3) is 0.280. The van der Waals surface area contributed by atoms with Crippen molar-refractivity contribution in [2.45, 2.75) is 38.1 Å². The fourth-order valence-electron chi connectivity index (χ4n) is 3.42. The van der Waals surface area contributed by atoms with E-state index in [-0.39, 0.29) is 17.3 Å². The van der Waals surface area contributed by atoms with Crippen LogP contribution in [0.15, 0.2) is 60.0 Å². The van der Waals surface area contributed by atoms with Crippen molar-refractivity contribution in [1.82, 2.24) is 5.32 Å². The number of carbonyl (C=O) groups excluding carboxylic acids is 2. The monoisotopic (exact) mass is 470 g/mol. The van der Waals surface area contributed by atoms with Crippen LogP contribution in [-0.4, -0.2) is 30.1 Å². The molecule has 0 fully saturated rings. The van der Waals surface area contributed by atoms with Crippen LogP contribution >= 0.6 is 11.3 Å². The lowest BCUT2D eigenvalue weighted by atomic mass is 10.0. The Morgan fingerprint density at radius 3 is 2.58 bits per heavy atom. The zero-order chi connectivity index (χ0) is 23.6. The lowest BCUT2D eigenvalue weighted by Gasteiger charge is -2.19. The molecule has 3 aromatic rings. The summed E-state index contributed by atoms with van der Waals surface area (Å²) in [7, 11) is 1.44. The van der Waals surface area contributed by atoms with Crippen molar-refractivity contribution < 1.29 is 23.8 Å². The Bertz CT molecular complexity index is 1050. The molecule has 3 rings (SSSR count). The molecule has 2 amide bonds. The van der Waals surface area contributed by atoms with Crippen LogP contribution in [0.1, 0.15) is 40.9 Å². The average molecular weight is 471 g/mol. The molecule has 1 atom stereocenters. The van der Waals surface area contributed by atoms with Gasteiger partial charge in [-0.25, -0.2) is 4.39 Å². The van der Waals surface area contributed by atoms with E-state index >= 15 is 0 Å². The van der Waals surface area contributed by atoms with E-state index < -0.39 is 17.8 Å². The summed E-state index contributed by atoms with van der Waals surface area (Å²) in [5, 5.41) is 16.7. The number of aromatic hydroxyl groups is 1. The summed E-state index contributed by atoms with van der Waals surface area (Å²) in [6.45, 7) is 0. The number of anilines is 1. The molecular formula is C25H27FN2O4S. The van der Waals surface area contributed by atoms with Crippen LogP contribution < -0.4 is 15.4 Å². The number of benzene rings is 2. The second-order valence-electron chi connectivity index (χ2n) is 7.60. The highest BCUT2D eigenvalue weighted by atomic mass is 32.1. The second-order valence-corrected chi connectivity index (χ2v) is 8.55. The molecule has 0 aliphatic carbocycles. The molecule has 1 heterocycles. The van der Waals surface area contributed by atoms with E-state index in [2.05, 4.69) is 10.6 Å². The summed E-state index contributed by atoms with van der Waals surface area (Å²) < 4.78 is 18.9. The summed E-state index contributed by atoms with van der Waals surface area (Å²) in [6.07, 6.45) is 3.80. The highest BCUT2D eigenvalue weighted by Gasteiger charge is 2.23. The van der Waals surface area contributed by atoms with Gasteiger partial charge in [0.05, 0.1) is 17.7 Å². The first kappa shape index (κ1) is 24.3. The third kappa shape index (κ3) is 7.32. The fourth-order valence-corrected chi connectivity index (χ4v) is 4.05. The highest BCUT2D eigenvalue weighted by molar-refractivity contribution is 7.12. The predicted molar refractivity (Wildman–Crippen MR) is 127 cm³/mol. The molecule has 0 aliphatic heterocycles. The minimum atomic E-state index is -0.777. The molecule has 33 heavy (non-hydrogen) atoms. The summed E-state index contributed by atoms with van der Waals surface area (Å²) >= 11 is 1.30. The summed E-state index contributed by atoms with van der Waals surface area (Å²) in [6, 6.07) is 13.7. The number of thiophene rings is 1. The van der Waals surface area contributed by atoms with Crippen LogP contribution in [0.2, 0.25) is 0 Å². The number of rotatable bonds is 11. The quantitative estimate of drug-likeness (QED) is 0.339. The van der Waals surface area contributed by atoms with Crippen molar-refractivity contribution >= 4 is 28.8 Å². The van der Waals surface area contributed by atoms with E-state index in [0.717, 1.165) is 31.2 Å². The van der Waals surface area contributed by atoms with Gasteiger partial charge in [0.25, 0.3) is 5.91 Å². The molecule has 174 valence electrons. The summed E-state index contributed by atoms with van der Waals surface area (Å²) in [5.41, 5.74) is 1.34. The minimum Gasteiger partial charge on any atom is -0.508 e. The van der Waals surface area contributed by atoms with Crippen molar-refractivity contribution in [3.63, 3.8) is 0 Å². The SMILES string of the molecule is COc1ccc(F)cc1NC(=O)C(CCCCCc1ccc(O)cc1)NC(=O)c1cccs1. The Labute approximate surface area is 196 Å². The van der Waals surface area contributed by atoms with E-state index in [1.54, 1.807) is 29.6 Å². The van der Waals surface area contributed by atoms with Crippen LogP contribution in [0.5, 0.6) is 11.5 Å². The number of halogens is 1. The molecule has 2 aromatic carbocycles. The third-order valence-corrected chi connectivity index (χ3v) is 6.05. The van der Waals surface area contributed by atoms with Gasteiger partial charge in [-0.2, -0.15) is 0 Å². The molecule has 3 N–H and O–H groups in total. The maximum atomic E-state index is 13.7. The molecule has 1 aromatic heterocycles. The molecule has 6 nitrogen and oxygen atoms in total. The zero-order valence-electron chi connectivity index (χ0n) is 18.3. The van der Waals surface area contributed by atoms with Crippen LogP contribution in [0.25, 0.3) is 0 Å². The van der Waals surface area contributed by atoms with Crippen molar-refractivity contribution in [3.05, 3.63) is 76.2 Å². The number of amides is 2. The van der Waals surface area contributed by atoms with E-state index in [1.807, 2.05) is 12.1 Å². The Hall–Kier alpha value is -3.39. The van der Waals surface area contributed by atoms with Crippen molar-refractivity contribution in [2.24, 2.45) is 0 Å². The number of methoxy groups -OCH3 is 1. The highest BCUT2D eigenvalue weighted by Crippen LogP contribution is 2.25. The standard InChI is InChI=1S/C25H27FN2O4S/c1-32-22-14-11-18(26)16-21(22)28-24(30)20(27-25(31)23-8-5-15-33-23)7-4-2-3-6-17-9-12-19(29)13-10-17/h5,8-16,20,29H,2-4,6-7H2,1H3,(H,27,31)(H,28,30). The first-order chi connectivity index (χ1) is 16.0. The average Bonchev–Trinajstić information content (AvgIpc) is 3.34. The summed E-state index contributed by atoms with van der Waals surface area (Å²) in [4.78, 5) is 26.1. The van der Waals surface area contributed by atoms with E-state index in [4.69, 9.17) is 4.74 Å². The number of nitrogens with one attached hydrogen (secondary N) is 2. The normalized spacial score (nSPS) is 11.6. The van der Waals surface area contributed by atoms with Crippen LogP contribution in [0, 0.1) is 5.82 Å². The smallest absolute Gasteiger partial charge is 0.261 e. The largest absolute Gasteiger partial charge is 0.508 e. The molecule has 0 saturated heterocycles. The number of hydrogen-bond donors (Lipinski definition) is 3. The lowest BCUT2D eigenvalue weighted by Crippen LogP contribution is -2.43. The maximum absolute atomic E-state index is 13.7. The number of phenols is 1. The molecule has 0 bridgehead atoms.